The highest BCUT2D eigenvalue weighted by Gasteiger charge is 2.30. The molecule has 3 aromatic rings. The minimum atomic E-state index is -0.387. The molecule has 0 saturated heterocycles. The summed E-state index contributed by atoms with van der Waals surface area (Å²) in [5.41, 5.74) is 1.80. The Kier molecular flexibility index (Phi) is 6.46. The zero-order valence-corrected chi connectivity index (χ0v) is 18.9. The van der Waals surface area contributed by atoms with Crippen molar-refractivity contribution in [2.45, 2.75) is 25.2 Å². The lowest BCUT2D eigenvalue weighted by Gasteiger charge is -2.20. The molecule has 0 spiro atoms. The van der Waals surface area contributed by atoms with Crippen molar-refractivity contribution in [3.05, 3.63) is 68.6 Å². The number of fused-ring (bicyclic) bond motifs is 1. The highest BCUT2D eigenvalue weighted by atomic mass is 35.5. The first-order chi connectivity index (χ1) is 14.9. The average Bonchev–Trinajstić information content (AvgIpc) is 3.16. The van der Waals surface area contributed by atoms with Crippen molar-refractivity contribution in [3.63, 3.8) is 0 Å². The Hall–Kier alpha value is -2.61. The highest BCUT2D eigenvalue weighted by Crippen LogP contribution is 2.38. The Balaban J connectivity index is 1.49. The molecule has 0 radical (unpaired) electrons. The van der Waals surface area contributed by atoms with Gasteiger partial charge in [0, 0.05) is 21.2 Å². The van der Waals surface area contributed by atoms with Crippen molar-refractivity contribution in [3.8, 4) is 5.75 Å². The van der Waals surface area contributed by atoms with E-state index in [1.165, 1.54) is 18.4 Å². The summed E-state index contributed by atoms with van der Waals surface area (Å²) in [5, 5.41) is 7.21. The predicted molar refractivity (Wildman–Crippen MR) is 124 cm³/mol. The standard InChI is InChI=1S/C22H19Cl2N3O3S/c1-30-17-10-9-14(11-16(17)24)25-21(29)15-3-2-4-18-19(15)26-22(31-18)27-20(28)12-5-7-13(23)8-6-12/h5-11,15H,2-4H2,1H3,(H,25,29)(H,26,27,28). The molecule has 0 fully saturated rings. The van der Waals surface area contributed by atoms with Crippen LogP contribution < -0.4 is 15.4 Å². The Morgan fingerprint density at radius 3 is 2.61 bits per heavy atom. The minimum Gasteiger partial charge on any atom is -0.495 e. The van der Waals surface area contributed by atoms with Crippen LogP contribution in [0.25, 0.3) is 0 Å². The lowest BCUT2D eigenvalue weighted by molar-refractivity contribution is -0.117. The fourth-order valence-electron chi connectivity index (χ4n) is 3.47. The molecule has 1 atom stereocenters. The van der Waals surface area contributed by atoms with E-state index in [-0.39, 0.29) is 17.7 Å². The highest BCUT2D eigenvalue weighted by molar-refractivity contribution is 7.16. The van der Waals surface area contributed by atoms with E-state index in [1.54, 1.807) is 42.5 Å². The molecule has 0 bridgehead atoms. The van der Waals surface area contributed by atoms with Crippen molar-refractivity contribution in [2.75, 3.05) is 17.7 Å². The fraction of sp³-hybridized carbons (Fsp3) is 0.227. The molecule has 0 aliphatic heterocycles. The number of hydrogen-bond donors (Lipinski definition) is 2. The topological polar surface area (TPSA) is 80.3 Å². The molecule has 160 valence electrons. The van der Waals surface area contributed by atoms with Crippen molar-refractivity contribution >= 4 is 57.2 Å². The number of thiazole rings is 1. The van der Waals surface area contributed by atoms with Crippen molar-refractivity contribution < 1.29 is 14.3 Å². The van der Waals surface area contributed by atoms with Crippen molar-refractivity contribution in [1.29, 1.82) is 0 Å². The van der Waals surface area contributed by atoms with Crippen molar-refractivity contribution in [2.24, 2.45) is 0 Å². The zero-order valence-electron chi connectivity index (χ0n) is 16.6. The molecule has 31 heavy (non-hydrogen) atoms. The first-order valence-corrected chi connectivity index (χ1v) is 11.2. The van der Waals surface area contributed by atoms with Crippen LogP contribution in [-0.2, 0) is 11.2 Å². The second-order valence-electron chi connectivity index (χ2n) is 7.07. The Bertz CT molecular complexity index is 1130. The van der Waals surface area contributed by atoms with Gasteiger partial charge in [0.1, 0.15) is 5.75 Å². The van der Waals surface area contributed by atoms with Gasteiger partial charge in [-0.3, -0.25) is 14.9 Å². The number of aromatic nitrogens is 1. The molecule has 1 unspecified atom stereocenters. The first-order valence-electron chi connectivity index (χ1n) is 9.65. The molecule has 1 heterocycles. The third-order valence-electron chi connectivity index (χ3n) is 5.02. The van der Waals surface area contributed by atoms with Gasteiger partial charge in [-0.1, -0.05) is 23.2 Å². The van der Waals surface area contributed by atoms with Crippen LogP contribution in [0.2, 0.25) is 10.0 Å². The van der Waals surface area contributed by atoms with Gasteiger partial charge >= 0.3 is 0 Å². The van der Waals surface area contributed by atoms with Gasteiger partial charge in [-0.2, -0.15) is 0 Å². The number of rotatable bonds is 5. The van der Waals surface area contributed by atoms with Crippen LogP contribution in [0.4, 0.5) is 10.8 Å². The zero-order chi connectivity index (χ0) is 22.0. The SMILES string of the molecule is COc1ccc(NC(=O)C2CCCc3sc(NC(=O)c4ccc(Cl)cc4)nc32)cc1Cl. The van der Waals surface area contributed by atoms with E-state index >= 15 is 0 Å². The summed E-state index contributed by atoms with van der Waals surface area (Å²) in [5.74, 6) is -0.262. The summed E-state index contributed by atoms with van der Waals surface area (Å²) >= 11 is 13.4. The quantitative estimate of drug-likeness (QED) is 0.490. The van der Waals surface area contributed by atoms with Crippen LogP contribution in [0.15, 0.2) is 42.5 Å². The number of anilines is 2. The molecular weight excluding hydrogens is 457 g/mol. The third kappa shape index (κ3) is 4.84. The fourth-order valence-corrected chi connectivity index (χ4v) is 4.91. The average molecular weight is 476 g/mol. The number of carbonyl (C=O) groups is 2. The maximum absolute atomic E-state index is 13.0. The molecule has 2 N–H and O–H groups in total. The van der Waals surface area contributed by atoms with Gasteiger partial charge in [0.25, 0.3) is 5.91 Å². The number of halogens is 2. The second kappa shape index (κ2) is 9.26. The minimum absolute atomic E-state index is 0.150. The molecule has 1 aliphatic rings. The number of carbonyl (C=O) groups excluding carboxylic acids is 2. The molecule has 1 aromatic heterocycles. The number of nitrogens with zero attached hydrogens (tertiary/aromatic N) is 1. The van der Waals surface area contributed by atoms with E-state index in [0.29, 0.717) is 38.6 Å². The van der Waals surface area contributed by atoms with E-state index in [1.807, 2.05) is 0 Å². The summed E-state index contributed by atoms with van der Waals surface area (Å²) < 4.78 is 5.15. The predicted octanol–water partition coefficient (Wildman–Crippen LogP) is 5.77. The summed E-state index contributed by atoms with van der Waals surface area (Å²) in [4.78, 5) is 31.0. The van der Waals surface area contributed by atoms with Gasteiger partial charge in [0.15, 0.2) is 5.13 Å². The second-order valence-corrected chi connectivity index (χ2v) is 9.00. The van der Waals surface area contributed by atoms with Crippen LogP contribution in [-0.4, -0.2) is 23.9 Å². The monoisotopic (exact) mass is 475 g/mol. The summed E-state index contributed by atoms with van der Waals surface area (Å²) in [6, 6.07) is 11.7. The number of aryl methyl sites for hydroxylation is 1. The third-order valence-corrected chi connectivity index (χ3v) is 6.61. The number of benzene rings is 2. The number of methoxy groups -OCH3 is 1. The molecule has 9 heteroatoms. The lowest BCUT2D eigenvalue weighted by Crippen LogP contribution is -2.24. The molecular formula is C22H19Cl2N3O3S. The van der Waals surface area contributed by atoms with Crippen LogP contribution in [0.3, 0.4) is 0 Å². The molecule has 2 aromatic carbocycles. The van der Waals surface area contributed by atoms with E-state index < -0.39 is 0 Å². The summed E-state index contributed by atoms with van der Waals surface area (Å²) in [6.45, 7) is 0. The van der Waals surface area contributed by atoms with Gasteiger partial charge in [0.05, 0.1) is 23.7 Å². The largest absolute Gasteiger partial charge is 0.495 e. The first kappa shape index (κ1) is 21.6. The Morgan fingerprint density at radius 1 is 1.13 bits per heavy atom. The van der Waals surface area contributed by atoms with E-state index in [9.17, 15) is 9.59 Å². The van der Waals surface area contributed by atoms with Crippen LogP contribution >= 0.6 is 34.5 Å². The number of ether oxygens (including phenoxy) is 1. The number of amides is 2. The molecule has 4 rings (SSSR count). The molecule has 2 amide bonds. The van der Waals surface area contributed by atoms with Crippen LogP contribution in [0.5, 0.6) is 5.75 Å². The van der Waals surface area contributed by atoms with Crippen LogP contribution in [0, 0.1) is 0 Å². The number of hydrogen-bond acceptors (Lipinski definition) is 5. The van der Waals surface area contributed by atoms with Crippen LogP contribution in [0.1, 0.15) is 39.7 Å². The maximum Gasteiger partial charge on any atom is 0.257 e. The lowest BCUT2D eigenvalue weighted by atomic mass is 9.90. The van der Waals surface area contributed by atoms with E-state index in [0.717, 1.165) is 23.4 Å². The van der Waals surface area contributed by atoms with E-state index in [4.69, 9.17) is 27.9 Å². The van der Waals surface area contributed by atoms with E-state index in [2.05, 4.69) is 15.6 Å². The van der Waals surface area contributed by atoms with Gasteiger partial charge in [-0.05, 0) is 61.7 Å². The van der Waals surface area contributed by atoms with Crippen molar-refractivity contribution in [1.82, 2.24) is 4.98 Å². The normalized spacial score (nSPS) is 15.1. The maximum atomic E-state index is 13.0. The summed E-state index contributed by atoms with van der Waals surface area (Å²) in [7, 11) is 1.54. The van der Waals surface area contributed by atoms with Gasteiger partial charge in [-0.15, -0.1) is 11.3 Å². The molecule has 1 aliphatic carbocycles. The van der Waals surface area contributed by atoms with Gasteiger partial charge in [0.2, 0.25) is 5.91 Å². The number of nitrogens with one attached hydrogen (secondary N) is 2. The molecule has 0 saturated carbocycles. The Labute approximate surface area is 193 Å². The van der Waals surface area contributed by atoms with Gasteiger partial charge < -0.3 is 10.1 Å². The van der Waals surface area contributed by atoms with Gasteiger partial charge in [-0.25, -0.2) is 4.98 Å². The molecule has 6 nitrogen and oxygen atoms in total. The summed E-state index contributed by atoms with van der Waals surface area (Å²) in [6.07, 6.45) is 2.40. The smallest absolute Gasteiger partial charge is 0.257 e. The Morgan fingerprint density at radius 2 is 1.90 bits per heavy atom.